The monoisotopic (exact) mass is 272 g/mol. The standard InChI is InChI=1S/C18H28N2/c1-2-4-14-9-10-20(13-14)18(12-19)17-6-3-5-16(11-17)15-7-8-15/h3,5-6,11,14-15,18H,2,4,7-10,12-13,19H2,1H3. The van der Waals surface area contributed by atoms with Crippen LogP contribution in [0.2, 0.25) is 0 Å². The third-order valence-electron chi connectivity index (χ3n) is 5.02. The largest absolute Gasteiger partial charge is 0.329 e. The minimum atomic E-state index is 0.426. The van der Waals surface area contributed by atoms with Gasteiger partial charge in [-0.3, -0.25) is 4.90 Å². The van der Waals surface area contributed by atoms with Crippen molar-refractivity contribution in [3.8, 4) is 0 Å². The number of rotatable bonds is 6. The van der Waals surface area contributed by atoms with Gasteiger partial charge in [0, 0.05) is 19.1 Å². The summed E-state index contributed by atoms with van der Waals surface area (Å²) in [5.74, 6) is 1.72. The molecular formula is C18H28N2. The smallest absolute Gasteiger partial charge is 0.0470 e. The summed E-state index contributed by atoms with van der Waals surface area (Å²) in [6.45, 7) is 5.50. The van der Waals surface area contributed by atoms with Gasteiger partial charge in [-0.2, -0.15) is 0 Å². The Morgan fingerprint density at radius 2 is 2.15 bits per heavy atom. The molecule has 1 heterocycles. The Balaban J connectivity index is 1.71. The maximum absolute atomic E-state index is 6.10. The Morgan fingerprint density at radius 1 is 1.30 bits per heavy atom. The number of hydrogen-bond donors (Lipinski definition) is 1. The molecule has 2 N–H and O–H groups in total. The Bertz CT molecular complexity index is 439. The normalized spacial score (nSPS) is 25.0. The molecule has 1 aromatic rings. The highest BCUT2D eigenvalue weighted by atomic mass is 15.2. The van der Waals surface area contributed by atoms with Crippen molar-refractivity contribution in [2.75, 3.05) is 19.6 Å². The molecule has 0 radical (unpaired) electrons. The lowest BCUT2D eigenvalue weighted by Crippen LogP contribution is -2.32. The highest BCUT2D eigenvalue weighted by molar-refractivity contribution is 5.31. The molecule has 2 aliphatic rings. The van der Waals surface area contributed by atoms with Crippen LogP contribution in [0.25, 0.3) is 0 Å². The molecule has 1 aliphatic heterocycles. The summed E-state index contributed by atoms with van der Waals surface area (Å²) in [4.78, 5) is 2.62. The fourth-order valence-corrected chi connectivity index (χ4v) is 3.72. The first-order valence-corrected chi connectivity index (χ1v) is 8.35. The van der Waals surface area contributed by atoms with Gasteiger partial charge in [0.2, 0.25) is 0 Å². The van der Waals surface area contributed by atoms with Crippen LogP contribution >= 0.6 is 0 Å². The van der Waals surface area contributed by atoms with Crippen molar-refractivity contribution >= 4 is 0 Å². The average molecular weight is 272 g/mol. The summed E-state index contributed by atoms with van der Waals surface area (Å²) in [6.07, 6.45) is 6.78. The zero-order valence-electron chi connectivity index (χ0n) is 12.7. The first-order valence-electron chi connectivity index (χ1n) is 8.35. The van der Waals surface area contributed by atoms with Crippen molar-refractivity contribution in [1.29, 1.82) is 0 Å². The van der Waals surface area contributed by atoms with Gasteiger partial charge in [0.05, 0.1) is 0 Å². The van der Waals surface area contributed by atoms with Gasteiger partial charge in [0.15, 0.2) is 0 Å². The van der Waals surface area contributed by atoms with Crippen LogP contribution in [0.5, 0.6) is 0 Å². The molecule has 0 aromatic heterocycles. The molecule has 0 bridgehead atoms. The first kappa shape index (κ1) is 14.1. The lowest BCUT2D eigenvalue weighted by atomic mass is 10.0. The van der Waals surface area contributed by atoms with Crippen molar-refractivity contribution in [1.82, 2.24) is 4.90 Å². The van der Waals surface area contributed by atoms with Gasteiger partial charge in [0.25, 0.3) is 0 Å². The van der Waals surface area contributed by atoms with Gasteiger partial charge in [-0.25, -0.2) is 0 Å². The van der Waals surface area contributed by atoms with E-state index in [2.05, 4.69) is 36.1 Å². The molecule has 1 aliphatic carbocycles. The summed E-state index contributed by atoms with van der Waals surface area (Å²) in [5, 5.41) is 0. The predicted octanol–water partition coefficient (Wildman–Crippen LogP) is 3.69. The van der Waals surface area contributed by atoms with E-state index in [0.717, 1.165) is 18.4 Å². The van der Waals surface area contributed by atoms with Crippen molar-refractivity contribution in [3.63, 3.8) is 0 Å². The highest BCUT2D eigenvalue weighted by Gasteiger charge is 2.29. The van der Waals surface area contributed by atoms with E-state index in [4.69, 9.17) is 5.73 Å². The van der Waals surface area contributed by atoms with E-state index in [1.807, 2.05) is 0 Å². The molecule has 20 heavy (non-hydrogen) atoms. The third-order valence-corrected chi connectivity index (χ3v) is 5.02. The molecule has 2 unspecified atom stereocenters. The fraction of sp³-hybridized carbons (Fsp3) is 0.667. The van der Waals surface area contributed by atoms with Crippen LogP contribution in [0.1, 0.15) is 62.1 Å². The number of nitrogens with zero attached hydrogens (tertiary/aromatic N) is 1. The van der Waals surface area contributed by atoms with E-state index in [0.29, 0.717) is 6.04 Å². The highest BCUT2D eigenvalue weighted by Crippen LogP contribution is 2.41. The number of likely N-dealkylation sites (tertiary alicyclic amines) is 1. The van der Waals surface area contributed by atoms with Gasteiger partial charge in [0.1, 0.15) is 0 Å². The van der Waals surface area contributed by atoms with Crippen LogP contribution in [0.15, 0.2) is 24.3 Å². The Hall–Kier alpha value is -0.860. The van der Waals surface area contributed by atoms with Crippen LogP contribution in [-0.2, 0) is 0 Å². The van der Waals surface area contributed by atoms with E-state index < -0.39 is 0 Å². The quantitative estimate of drug-likeness (QED) is 0.856. The van der Waals surface area contributed by atoms with Crippen LogP contribution in [-0.4, -0.2) is 24.5 Å². The summed E-state index contributed by atoms with van der Waals surface area (Å²) >= 11 is 0. The first-order chi connectivity index (χ1) is 9.81. The third kappa shape index (κ3) is 3.07. The summed E-state index contributed by atoms with van der Waals surface area (Å²) in [6, 6.07) is 9.64. The lowest BCUT2D eigenvalue weighted by Gasteiger charge is -2.27. The van der Waals surface area contributed by atoms with Crippen molar-refractivity contribution < 1.29 is 0 Å². The minimum Gasteiger partial charge on any atom is -0.329 e. The zero-order valence-corrected chi connectivity index (χ0v) is 12.7. The number of hydrogen-bond acceptors (Lipinski definition) is 2. The van der Waals surface area contributed by atoms with E-state index in [-0.39, 0.29) is 0 Å². The average Bonchev–Trinajstić information content (AvgIpc) is 3.22. The maximum atomic E-state index is 6.10. The second kappa shape index (κ2) is 6.28. The molecule has 2 nitrogen and oxygen atoms in total. The minimum absolute atomic E-state index is 0.426. The number of benzene rings is 1. The molecule has 3 rings (SSSR count). The van der Waals surface area contributed by atoms with Crippen molar-refractivity contribution in [2.24, 2.45) is 11.7 Å². The van der Waals surface area contributed by atoms with Crippen molar-refractivity contribution in [2.45, 2.75) is 51.0 Å². The molecule has 2 atom stereocenters. The van der Waals surface area contributed by atoms with Gasteiger partial charge in [-0.05, 0) is 55.2 Å². The molecule has 2 fully saturated rings. The van der Waals surface area contributed by atoms with Gasteiger partial charge >= 0.3 is 0 Å². The van der Waals surface area contributed by atoms with Crippen LogP contribution < -0.4 is 5.73 Å². The molecule has 0 amide bonds. The molecule has 0 spiro atoms. The van der Waals surface area contributed by atoms with Crippen LogP contribution in [0.4, 0.5) is 0 Å². The molecule has 110 valence electrons. The van der Waals surface area contributed by atoms with Crippen LogP contribution in [0.3, 0.4) is 0 Å². The van der Waals surface area contributed by atoms with E-state index in [1.54, 1.807) is 0 Å². The summed E-state index contributed by atoms with van der Waals surface area (Å²) < 4.78 is 0. The summed E-state index contributed by atoms with van der Waals surface area (Å²) in [5.41, 5.74) is 9.08. The zero-order chi connectivity index (χ0) is 13.9. The topological polar surface area (TPSA) is 29.3 Å². The SMILES string of the molecule is CCCC1CCN(C(CN)c2cccc(C3CC3)c2)C1. The van der Waals surface area contributed by atoms with E-state index in [9.17, 15) is 0 Å². The molecule has 1 saturated carbocycles. The molecular weight excluding hydrogens is 244 g/mol. The van der Waals surface area contributed by atoms with Gasteiger partial charge in [-0.1, -0.05) is 37.6 Å². The Morgan fingerprint density at radius 3 is 2.85 bits per heavy atom. The molecule has 2 heteroatoms. The van der Waals surface area contributed by atoms with Crippen LogP contribution in [0, 0.1) is 5.92 Å². The van der Waals surface area contributed by atoms with Crippen molar-refractivity contribution in [3.05, 3.63) is 35.4 Å². The Labute approximate surface area is 123 Å². The Kier molecular flexibility index (Phi) is 4.42. The molecule has 1 aromatic carbocycles. The maximum Gasteiger partial charge on any atom is 0.0470 e. The molecule has 1 saturated heterocycles. The predicted molar refractivity (Wildman–Crippen MR) is 84.8 cm³/mol. The lowest BCUT2D eigenvalue weighted by molar-refractivity contribution is 0.239. The fourth-order valence-electron chi connectivity index (χ4n) is 3.72. The van der Waals surface area contributed by atoms with Gasteiger partial charge in [-0.15, -0.1) is 0 Å². The summed E-state index contributed by atoms with van der Waals surface area (Å²) in [7, 11) is 0. The van der Waals surface area contributed by atoms with Gasteiger partial charge < -0.3 is 5.73 Å². The second-order valence-electron chi connectivity index (χ2n) is 6.63. The van der Waals surface area contributed by atoms with E-state index >= 15 is 0 Å². The second-order valence-corrected chi connectivity index (χ2v) is 6.63. The number of nitrogens with two attached hydrogens (primary N) is 1. The van der Waals surface area contributed by atoms with E-state index in [1.165, 1.54) is 56.3 Å².